The van der Waals surface area contributed by atoms with Gasteiger partial charge in [-0.1, -0.05) is 16.8 Å². The van der Waals surface area contributed by atoms with Crippen molar-refractivity contribution in [2.45, 2.75) is 46.2 Å². The Balaban J connectivity index is 1.82. The van der Waals surface area contributed by atoms with E-state index in [0.29, 0.717) is 28.9 Å². The second-order valence-electron chi connectivity index (χ2n) is 6.84. The van der Waals surface area contributed by atoms with Crippen LogP contribution in [0.15, 0.2) is 22.7 Å². The number of hydrogen-bond acceptors (Lipinski definition) is 5. The lowest BCUT2D eigenvalue weighted by Crippen LogP contribution is -2.40. The van der Waals surface area contributed by atoms with Crippen LogP contribution in [0.3, 0.4) is 0 Å². The van der Waals surface area contributed by atoms with Crippen molar-refractivity contribution in [2.24, 2.45) is 0 Å². The van der Waals surface area contributed by atoms with Gasteiger partial charge in [-0.3, -0.25) is 4.79 Å². The Kier molecular flexibility index (Phi) is 6.39. The number of nitrogens with zero attached hydrogens (tertiary/aromatic N) is 2. The minimum absolute atomic E-state index is 0.167. The van der Waals surface area contributed by atoms with E-state index in [4.69, 9.17) is 20.9 Å². The molecule has 0 saturated carbocycles. The Bertz CT molecular complexity index is 800. The first-order valence-electron chi connectivity index (χ1n) is 9.34. The van der Waals surface area contributed by atoms with Gasteiger partial charge in [-0.25, -0.2) is 0 Å². The fourth-order valence-corrected chi connectivity index (χ4v) is 3.80. The third kappa shape index (κ3) is 4.62. The van der Waals surface area contributed by atoms with E-state index in [1.165, 1.54) is 0 Å². The molecule has 3 rings (SSSR count). The summed E-state index contributed by atoms with van der Waals surface area (Å²) in [5.74, 6) is 0.551. The van der Waals surface area contributed by atoms with E-state index in [-0.39, 0.29) is 5.91 Å². The zero-order valence-corrected chi connectivity index (χ0v) is 16.8. The molecule has 1 aliphatic heterocycles. The number of carbonyl (C=O) groups excluding carboxylic acids is 1. The average Bonchev–Trinajstić information content (AvgIpc) is 3.09. The van der Waals surface area contributed by atoms with Gasteiger partial charge in [0.2, 0.25) is 0 Å². The Hall–Kier alpha value is -2.05. The molecule has 1 aromatic carbocycles. The zero-order valence-electron chi connectivity index (χ0n) is 16.0. The van der Waals surface area contributed by atoms with Crippen LogP contribution >= 0.6 is 11.6 Å². The van der Waals surface area contributed by atoms with Gasteiger partial charge in [0.25, 0.3) is 5.91 Å². The maximum absolute atomic E-state index is 12.8. The summed E-state index contributed by atoms with van der Waals surface area (Å²) in [6.07, 6.45) is 1.96. The van der Waals surface area contributed by atoms with E-state index in [0.717, 1.165) is 49.6 Å². The SMILES string of the molecule is CCN(c1cc(Cl)cc(C(=O)NCc2cc(C)on2)c1C)C1CCOCC1. The van der Waals surface area contributed by atoms with Crippen LogP contribution < -0.4 is 10.2 Å². The van der Waals surface area contributed by atoms with Crippen molar-refractivity contribution in [3.8, 4) is 0 Å². The van der Waals surface area contributed by atoms with Crippen molar-refractivity contribution in [2.75, 3.05) is 24.7 Å². The molecule has 0 spiro atoms. The number of rotatable bonds is 6. The largest absolute Gasteiger partial charge is 0.381 e. The van der Waals surface area contributed by atoms with Gasteiger partial charge in [0.1, 0.15) is 11.5 Å². The van der Waals surface area contributed by atoms with Gasteiger partial charge in [0.15, 0.2) is 0 Å². The molecule has 0 aliphatic carbocycles. The number of carbonyl (C=O) groups is 1. The lowest BCUT2D eigenvalue weighted by Gasteiger charge is -2.36. The van der Waals surface area contributed by atoms with Crippen molar-refractivity contribution < 1.29 is 14.1 Å². The van der Waals surface area contributed by atoms with E-state index < -0.39 is 0 Å². The summed E-state index contributed by atoms with van der Waals surface area (Å²) in [7, 11) is 0. The van der Waals surface area contributed by atoms with Crippen LogP contribution in [0.1, 0.15) is 47.1 Å². The van der Waals surface area contributed by atoms with Crippen LogP contribution in [0.4, 0.5) is 5.69 Å². The maximum atomic E-state index is 12.8. The third-order valence-electron chi connectivity index (χ3n) is 4.98. The van der Waals surface area contributed by atoms with Gasteiger partial charge in [-0.2, -0.15) is 0 Å². The molecule has 146 valence electrons. The Morgan fingerprint density at radius 2 is 2.04 bits per heavy atom. The summed E-state index contributed by atoms with van der Waals surface area (Å²) in [6.45, 7) is 8.63. The van der Waals surface area contributed by atoms with E-state index in [1.807, 2.05) is 19.9 Å². The average molecular weight is 392 g/mol. The molecule has 0 unspecified atom stereocenters. The number of nitrogens with one attached hydrogen (secondary N) is 1. The Labute approximate surface area is 164 Å². The minimum atomic E-state index is -0.167. The molecular weight excluding hydrogens is 366 g/mol. The summed E-state index contributed by atoms with van der Waals surface area (Å²) in [4.78, 5) is 15.1. The summed E-state index contributed by atoms with van der Waals surface area (Å²) >= 11 is 6.37. The van der Waals surface area contributed by atoms with Gasteiger partial charge in [0, 0.05) is 48.1 Å². The standard InChI is InChI=1S/C20H26ClN3O3/c1-4-24(17-5-7-26-8-6-17)19-11-15(21)10-18(14(19)3)20(25)22-12-16-9-13(2)27-23-16/h9-11,17H,4-8,12H2,1-3H3,(H,22,25). The molecule has 6 nitrogen and oxygen atoms in total. The normalized spacial score (nSPS) is 15.0. The van der Waals surface area contributed by atoms with Crippen LogP contribution in [-0.2, 0) is 11.3 Å². The highest BCUT2D eigenvalue weighted by Gasteiger charge is 2.24. The molecule has 0 bridgehead atoms. The predicted octanol–water partition coefficient (Wildman–Crippen LogP) is 3.88. The Morgan fingerprint density at radius 1 is 1.30 bits per heavy atom. The van der Waals surface area contributed by atoms with Crippen LogP contribution in [0, 0.1) is 13.8 Å². The summed E-state index contributed by atoms with van der Waals surface area (Å²) in [6, 6.07) is 5.88. The number of amides is 1. The van der Waals surface area contributed by atoms with E-state index >= 15 is 0 Å². The highest BCUT2D eigenvalue weighted by molar-refractivity contribution is 6.31. The number of aryl methyl sites for hydroxylation is 1. The predicted molar refractivity (Wildman–Crippen MR) is 105 cm³/mol. The molecule has 2 aromatic rings. The second-order valence-corrected chi connectivity index (χ2v) is 7.28. The molecule has 27 heavy (non-hydrogen) atoms. The summed E-state index contributed by atoms with van der Waals surface area (Å²) in [5, 5.41) is 7.37. The van der Waals surface area contributed by atoms with E-state index in [9.17, 15) is 4.79 Å². The molecule has 1 aliphatic rings. The van der Waals surface area contributed by atoms with Crippen LogP contribution in [0.5, 0.6) is 0 Å². The minimum Gasteiger partial charge on any atom is -0.381 e. The van der Waals surface area contributed by atoms with Crippen molar-refractivity contribution >= 4 is 23.2 Å². The second kappa shape index (κ2) is 8.76. The monoisotopic (exact) mass is 391 g/mol. The molecule has 2 heterocycles. The van der Waals surface area contributed by atoms with Gasteiger partial charge in [-0.15, -0.1) is 0 Å². The molecule has 7 heteroatoms. The third-order valence-corrected chi connectivity index (χ3v) is 5.20. The topological polar surface area (TPSA) is 67.6 Å². The molecule has 0 atom stereocenters. The highest BCUT2D eigenvalue weighted by atomic mass is 35.5. The number of benzene rings is 1. The van der Waals surface area contributed by atoms with Crippen molar-refractivity contribution in [1.29, 1.82) is 0 Å². The van der Waals surface area contributed by atoms with Crippen LogP contribution in [0.25, 0.3) is 0 Å². The molecule has 1 N–H and O–H groups in total. The summed E-state index contributed by atoms with van der Waals surface area (Å²) < 4.78 is 10.5. The van der Waals surface area contributed by atoms with Gasteiger partial charge < -0.3 is 19.5 Å². The maximum Gasteiger partial charge on any atom is 0.252 e. The molecule has 0 radical (unpaired) electrons. The van der Waals surface area contributed by atoms with Gasteiger partial charge in [0.05, 0.1) is 6.54 Å². The number of anilines is 1. The smallest absolute Gasteiger partial charge is 0.252 e. The molecular formula is C20H26ClN3O3. The fourth-order valence-electron chi connectivity index (χ4n) is 3.59. The zero-order chi connectivity index (χ0) is 19.4. The van der Waals surface area contributed by atoms with Crippen LogP contribution in [-0.4, -0.2) is 36.9 Å². The molecule has 1 amide bonds. The first kappa shape index (κ1) is 19.7. The first-order valence-corrected chi connectivity index (χ1v) is 9.72. The summed E-state index contributed by atoms with van der Waals surface area (Å²) in [5.41, 5.74) is 3.22. The highest BCUT2D eigenvalue weighted by Crippen LogP contribution is 2.31. The van der Waals surface area contributed by atoms with Gasteiger partial charge in [-0.05, 0) is 51.3 Å². The molecule has 1 aromatic heterocycles. The lowest BCUT2D eigenvalue weighted by atomic mass is 10.0. The van der Waals surface area contributed by atoms with Crippen molar-refractivity contribution in [3.05, 3.63) is 45.8 Å². The Morgan fingerprint density at radius 3 is 2.67 bits per heavy atom. The lowest BCUT2D eigenvalue weighted by molar-refractivity contribution is 0.0846. The number of ether oxygens (including phenoxy) is 1. The number of hydrogen-bond donors (Lipinski definition) is 1. The van der Waals surface area contributed by atoms with Crippen LogP contribution in [0.2, 0.25) is 5.02 Å². The van der Waals surface area contributed by atoms with Gasteiger partial charge >= 0.3 is 0 Å². The first-order chi connectivity index (χ1) is 13.0. The number of aromatic nitrogens is 1. The molecule has 1 fully saturated rings. The van der Waals surface area contributed by atoms with Crippen molar-refractivity contribution in [1.82, 2.24) is 10.5 Å². The van der Waals surface area contributed by atoms with Crippen molar-refractivity contribution in [3.63, 3.8) is 0 Å². The fraction of sp³-hybridized carbons (Fsp3) is 0.500. The van der Waals surface area contributed by atoms with E-state index in [1.54, 1.807) is 12.1 Å². The number of halogens is 1. The molecule has 1 saturated heterocycles. The van der Waals surface area contributed by atoms with E-state index in [2.05, 4.69) is 22.3 Å². The quantitative estimate of drug-likeness (QED) is 0.809.